The highest BCUT2D eigenvalue weighted by atomic mass is 16.6. The Morgan fingerprint density at radius 2 is 1.75 bits per heavy atom. The number of hydrogen-bond donors (Lipinski definition) is 0. The van der Waals surface area contributed by atoms with Gasteiger partial charge in [-0.05, 0) is 43.3 Å². The average molecular weight is 327 g/mol. The predicted octanol–water partition coefficient (Wildman–Crippen LogP) is 3.72. The average Bonchev–Trinajstić information content (AvgIpc) is 2.63. The van der Waals surface area contributed by atoms with Crippen LogP contribution in [0.2, 0.25) is 0 Å². The maximum atomic E-state index is 5.82. The molecule has 0 amide bonds. The van der Waals surface area contributed by atoms with Gasteiger partial charge in [0.15, 0.2) is 0 Å². The molecule has 1 saturated heterocycles. The largest absolute Gasteiger partial charge is 0.457 e. The monoisotopic (exact) mass is 327 g/mol. The lowest BCUT2D eigenvalue weighted by atomic mass is 10.2. The minimum Gasteiger partial charge on any atom is -0.457 e. The van der Waals surface area contributed by atoms with E-state index < -0.39 is 0 Å². The van der Waals surface area contributed by atoms with Gasteiger partial charge in [-0.2, -0.15) is 0 Å². The van der Waals surface area contributed by atoms with E-state index in [0.717, 1.165) is 50.8 Å². The topological polar surface area (TPSA) is 30.9 Å². The summed E-state index contributed by atoms with van der Waals surface area (Å²) >= 11 is 0. The first-order valence-corrected chi connectivity index (χ1v) is 8.49. The van der Waals surface area contributed by atoms with Crippen LogP contribution in [0.1, 0.15) is 12.0 Å². The lowest BCUT2D eigenvalue weighted by Crippen LogP contribution is -2.32. The molecule has 1 heterocycles. The van der Waals surface area contributed by atoms with Crippen molar-refractivity contribution in [3.63, 3.8) is 0 Å². The Labute approximate surface area is 144 Å². The Hall–Kier alpha value is -1.88. The number of rotatable bonds is 7. The van der Waals surface area contributed by atoms with Crippen molar-refractivity contribution in [3.05, 3.63) is 60.2 Å². The van der Waals surface area contributed by atoms with Gasteiger partial charge in [0.2, 0.25) is 0 Å². The van der Waals surface area contributed by atoms with E-state index in [2.05, 4.69) is 24.1 Å². The molecule has 0 spiro atoms. The molecule has 0 bridgehead atoms. The van der Waals surface area contributed by atoms with Crippen LogP contribution >= 0.6 is 0 Å². The second-order valence-corrected chi connectivity index (χ2v) is 6.15. The minimum absolute atomic E-state index is 0.239. The van der Waals surface area contributed by atoms with Crippen LogP contribution in [0.5, 0.6) is 11.5 Å². The third-order valence-corrected chi connectivity index (χ3v) is 4.07. The number of nitrogens with zero attached hydrogens (tertiary/aromatic N) is 1. The summed E-state index contributed by atoms with van der Waals surface area (Å²) in [5.41, 5.74) is 1.28. The number of hydrogen-bond acceptors (Lipinski definition) is 4. The summed E-state index contributed by atoms with van der Waals surface area (Å²) in [5, 5.41) is 0. The van der Waals surface area contributed by atoms with Gasteiger partial charge in [0.05, 0.1) is 25.9 Å². The molecule has 0 saturated carbocycles. The van der Waals surface area contributed by atoms with Gasteiger partial charge < -0.3 is 19.1 Å². The van der Waals surface area contributed by atoms with Crippen LogP contribution in [-0.2, 0) is 16.0 Å². The Balaban J connectivity index is 1.45. The molecule has 0 N–H and O–H groups in total. The summed E-state index contributed by atoms with van der Waals surface area (Å²) in [4.78, 5) is 2.31. The van der Waals surface area contributed by atoms with Crippen molar-refractivity contribution in [1.82, 2.24) is 4.90 Å². The van der Waals surface area contributed by atoms with Crippen LogP contribution in [0.4, 0.5) is 0 Å². The highest BCUT2D eigenvalue weighted by molar-refractivity contribution is 5.32. The molecular formula is C20H25NO3. The molecule has 0 radical (unpaired) electrons. The van der Waals surface area contributed by atoms with Crippen LogP contribution in [0.15, 0.2) is 54.6 Å². The van der Waals surface area contributed by atoms with Crippen molar-refractivity contribution in [2.45, 2.75) is 19.1 Å². The normalized spacial score (nSPS) is 17.8. The van der Waals surface area contributed by atoms with E-state index in [1.165, 1.54) is 5.56 Å². The van der Waals surface area contributed by atoms with Crippen LogP contribution in [0.3, 0.4) is 0 Å². The summed E-state index contributed by atoms with van der Waals surface area (Å²) in [6.07, 6.45) is 1.24. The zero-order valence-corrected chi connectivity index (χ0v) is 14.2. The fourth-order valence-corrected chi connectivity index (χ4v) is 2.75. The van der Waals surface area contributed by atoms with E-state index in [4.69, 9.17) is 14.2 Å². The highest BCUT2D eigenvalue weighted by Gasteiger charge is 2.14. The van der Waals surface area contributed by atoms with Crippen molar-refractivity contribution >= 4 is 0 Å². The van der Waals surface area contributed by atoms with Crippen molar-refractivity contribution in [1.29, 1.82) is 0 Å². The second kappa shape index (κ2) is 8.83. The first-order chi connectivity index (χ1) is 11.8. The van der Waals surface area contributed by atoms with Crippen molar-refractivity contribution in [3.8, 4) is 11.5 Å². The SMILES string of the molecule is CN(CCC1COCCO1)Cc1ccc(Oc2ccccc2)cc1. The standard InChI is InChI=1S/C20H25NO3/c1-21(12-11-20-16-22-13-14-23-20)15-17-7-9-19(10-8-17)24-18-5-3-2-4-6-18/h2-10,20H,11-16H2,1H3. The predicted molar refractivity (Wildman–Crippen MR) is 94.5 cm³/mol. The fraction of sp³-hybridized carbons (Fsp3) is 0.400. The first-order valence-electron chi connectivity index (χ1n) is 8.49. The third-order valence-electron chi connectivity index (χ3n) is 4.07. The van der Waals surface area contributed by atoms with E-state index in [0.29, 0.717) is 0 Å². The maximum absolute atomic E-state index is 5.82. The zero-order valence-electron chi connectivity index (χ0n) is 14.2. The Morgan fingerprint density at radius 1 is 1.00 bits per heavy atom. The van der Waals surface area contributed by atoms with Crippen LogP contribution in [0, 0.1) is 0 Å². The molecule has 4 nitrogen and oxygen atoms in total. The van der Waals surface area contributed by atoms with Crippen molar-refractivity contribution in [2.24, 2.45) is 0 Å². The van der Waals surface area contributed by atoms with E-state index in [-0.39, 0.29) is 6.10 Å². The van der Waals surface area contributed by atoms with Gasteiger partial charge in [-0.15, -0.1) is 0 Å². The summed E-state index contributed by atoms with van der Waals surface area (Å²) in [7, 11) is 2.14. The lowest BCUT2D eigenvalue weighted by Gasteiger charge is -2.25. The molecule has 1 aliphatic rings. The molecule has 1 fully saturated rings. The molecular weight excluding hydrogens is 302 g/mol. The molecule has 128 valence electrons. The second-order valence-electron chi connectivity index (χ2n) is 6.15. The van der Waals surface area contributed by atoms with Crippen molar-refractivity contribution in [2.75, 3.05) is 33.4 Å². The third kappa shape index (κ3) is 5.34. The smallest absolute Gasteiger partial charge is 0.127 e. The number of para-hydroxylation sites is 1. The molecule has 4 heteroatoms. The summed E-state index contributed by atoms with van der Waals surface area (Å²) in [6.45, 7) is 4.08. The molecule has 2 aromatic rings. The van der Waals surface area contributed by atoms with Crippen LogP contribution < -0.4 is 4.74 Å². The molecule has 1 aliphatic heterocycles. The molecule has 0 aromatic heterocycles. The molecule has 0 aliphatic carbocycles. The summed E-state index contributed by atoms with van der Waals surface area (Å²) in [6, 6.07) is 18.1. The van der Waals surface area contributed by atoms with E-state index in [1.807, 2.05) is 42.5 Å². The van der Waals surface area contributed by atoms with E-state index in [9.17, 15) is 0 Å². The van der Waals surface area contributed by atoms with Gasteiger partial charge in [0, 0.05) is 13.1 Å². The Kier molecular flexibility index (Phi) is 6.24. The van der Waals surface area contributed by atoms with Gasteiger partial charge in [-0.3, -0.25) is 0 Å². The Morgan fingerprint density at radius 3 is 2.46 bits per heavy atom. The molecule has 24 heavy (non-hydrogen) atoms. The summed E-state index contributed by atoms with van der Waals surface area (Å²) < 4.78 is 16.9. The molecule has 3 rings (SSSR count). The van der Waals surface area contributed by atoms with Gasteiger partial charge in [0.25, 0.3) is 0 Å². The van der Waals surface area contributed by atoms with Gasteiger partial charge in [-0.1, -0.05) is 30.3 Å². The Bertz CT molecular complexity index is 594. The quantitative estimate of drug-likeness (QED) is 0.775. The number of ether oxygens (including phenoxy) is 3. The van der Waals surface area contributed by atoms with Gasteiger partial charge in [-0.25, -0.2) is 0 Å². The van der Waals surface area contributed by atoms with Crippen molar-refractivity contribution < 1.29 is 14.2 Å². The fourth-order valence-electron chi connectivity index (χ4n) is 2.75. The molecule has 2 aromatic carbocycles. The minimum atomic E-state index is 0.239. The first kappa shape index (κ1) is 17.0. The number of benzene rings is 2. The highest BCUT2D eigenvalue weighted by Crippen LogP contribution is 2.21. The van der Waals surface area contributed by atoms with Crippen LogP contribution in [-0.4, -0.2) is 44.4 Å². The van der Waals surface area contributed by atoms with Crippen LogP contribution in [0.25, 0.3) is 0 Å². The van der Waals surface area contributed by atoms with E-state index in [1.54, 1.807) is 0 Å². The molecule has 1 atom stereocenters. The van der Waals surface area contributed by atoms with E-state index >= 15 is 0 Å². The lowest BCUT2D eigenvalue weighted by molar-refractivity contribution is -0.0923. The molecule has 1 unspecified atom stereocenters. The van der Waals surface area contributed by atoms with Gasteiger partial charge in [0.1, 0.15) is 11.5 Å². The zero-order chi connectivity index (χ0) is 16.6. The van der Waals surface area contributed by atoms with Gasteiger partial charge >= 0.3 is 0 Å². The maximum Gasteiger partial charge on any atom is 0.127 e. The summed E-state index contributed by atoms with van der Waals surface area (Å²) in [5.74, 6) is 1.72.